The fraction of sp³-hybridized carbons (Fsp3) is 0.200. The van der Waals surface area contributed by atoms with Gasteiger partial charge in [-0.25, -0.2) is 0 Å². The van der Waals surface area contributed by atoms with E-state index in [2.05, 4.69) is 9.44 Å². The van der Waals surface area contributed by atoms with E-state index in [0.29, 0.717) is 11.3 Å². The van der Waals surface area contributed by atoms with E-state index in [4.69, 9.17) is 10.00 Å². The van der Waals surface area contributed by atoms with Gasteiger partial charge in [0.1, 0.15) is 11.8 Å². The van der Waals surface area contributed by atoms with E-state index in [0.717, 1.165) is 0 Å². The molecule has 0 spiro atoms. The van der Waals surface area contributed by atoms with Gasteiger partial charge in [0.05, 0.1) is 7.11 Å². The molecule has 96 valence electrons. The Hall–Kier alpha value is -2.11. The van der Waals surface area contributed by atoms with Crippen LogP contribution < -0.4 is 9.46 Å². The van der Waals surface area contributed by atoms with Gasteiger partial charge in [-0.2, -0.15) is 18.4 Å². The quantitative estimate of drug-likeness (QED) is 0.616. The Kier molecular flexibility index (Phi) is 4.65. The molecule has 1 N–H and O–H groups in total. The smallest absolute Gasteiger partial charge is 0.401 e. The molecule has 0 unspecified atom stereocenters. The van der Waals surface area contributed by atoms with Crippen molar-refractivity contribution in [1.82, 2.24) is 4.72 Å². The van der Waals surface area contributed by atoms with Crippen molar-refractivity contribution in [3.05, 3.63) is 29.8 Å². The number of nitrogens with zero attached hydrogens (tertiary/aromatic N) is 2. The topological polar surface area (TPSA) is 101 Å². The van der Waals surface area contributed by atoms with Crippen LogP contribution in [0.5, 0.6) is 5.75 Å². The minimum atomic E-state index is -3.96. The van der Waals surface area contributed by atoms with Crippen molar-refractivity contribution in [2.45, 2.75) is 0 Å². The molecule has 0 aromatic heterocycles. The van der Waals surface area contributed by atoms with Crippen LogP contribution in [-0.2, 0) is 14.6 Å². The van der Waals surface area contributed by atoms with Crippen LogP contribution in [0.25, 0.3) is 0 Å². The monoisotopic (exact) mass is 269 g/mol. The molecular weight excluding hydrogens is 258 g/mol. The number of oxime groups is 1. The summed E-state index contributed by atoms with van der Waals surface area (Å²) in [5.74, 6) is 0.611. The number of benzene rings is 1. The van der Waals surface area contributed by atoms with Crippen LogP contribution in [0.2, 0.25) is 0 Å². The highest BCUT2D eigenvalue weighted by molar-refractivity contribution is 7.84. The van der Waals surface area contributed by atoms with Crippen molar-refractivity contribution in [2.24, 2.45) is 5.16 Å². The summed E-state index contributed by atoms with van der Waals surface area (Å²) in [6.07, 6.45) is 0. The zero-order valence-corrected chi connectivity index (χ0v) is 10.6. The largest absolute Gasteiger partial charge is 0.497 e. The van der Waals surface area contributed by atoms with Gasteiger partial charge in [0, 0.05) is 12.6 Å². The van der Waals surface area contributed by atoms with Crippen molar-refractivity contribution >= 4 is 16.0 Å². The molecular formula is C10H11N3O4S. The third kappa shape index (κ3) is 3.73. The van der Waals surface area contributed by atoms with E-state index in [1.54, 1.807) is 30.3 Å². The molecule has 0 saturated heterocycles. The summed E-state index contributed by atoms with van der Waals surface area (Å²) in [7, 11) is -1.28. The minimum absolute atomic E-state index is 0.156. The predicted octanol–water partition coefficient (Wildman–Crippen LogP) is 0.404. The second-order valence-electron chi connectivity index (χ2n) is 3.01. The lowest BCUT2D eigenvalue weighted by Gasteiger charge is -2.02. The van der Waals surface area contributed by atoms with E-state index in [1.807, 2.05) is 4.72 Å². The summed E-state index contributed by atoms with van der Waals surface area (Å²) in [4.78, 5) is 0. The summed E-state index contributed by atoms with van der Waals surface area (Å²) in [5.41, 5.74) is 0.265. The SMILES string of the molecule is CNS(=O)(=O)O/N=C(\C#N)c1ccc(OC)cc1. The van der Waals surface area contributed by atoms with Crippen molar-refractivity contribution in [3.63, 3.8) is 0 Å². The number of hydrogen-bond donors (Lipinski definition) is 1. The van der Waals surface area contributed by atoms with Gasteiger partial charge in [-0.3, -0.25) is 4.28 Å². The molecule has 0 amide bonds. The molecule has 18 heavy (non-hydrogen) atoms. The Morgan fingerprint density at radius 3 is 2.44 bits per heavy atom. The molecule has 0 fully saturated rings. The first-order chi connectivity index (χ1) is 8.52. The molecule has 0 aliphatic carbocycles. The Morgan fingerprint density at radius 2 is 2.00 bits per heavy atom. The first-order valence-electron chi connectivity index (χ1n) is 4.77. The molecule has 7 nitrogen and oxygen atoms in total. The van der Waals surface area contributed by atoms with Crippen LogP contribution >= 0.6 is 0 Å². The van der Waals surface area contributed by atoms with Crippen molar-refractivity contribution < 1.29 is 17.4 Å². The molecule has 0 aliphatic rings. The average molecular weight is 269 g/mol. The lowest BCUT2D eigenvalue weighted by Crippen LogP contribution is -2.19. The molecule has 0 saturated carbocycles. The Labute approximate surface area is 105 Å². The second-order valence-corrected chi connectivity index (χ2v) is 4.48. The molecule has 8 heteroatoms. The number of ether oxygens (including phenoxy) is 1. The normalized spacial score (nSPS) is 11.7. The summed E-state index contributed by atoms with van der Waals surface area (Å²) in [6.45, 7) is 0. The van der Waals surface area contributed by atoms with Gasteiger partial charge < -0.3 is 4.74 Å². The van der Waals surface area contributed by atoms with Gasteiger partial charge in [0.2, 0.25) is 0 Å². The molecule has 1 rings (SSSR count). The number of nitrogens with one attached hydrogen (secondary N) is 1. The van der Waals surface area contributed by atoms with E-state index in [9.17, 15) is 8.42 Å². The van der Waals surface area contributed by atoms with Crippen molar-refractivity contribution in [1.29, 1.82) is 5.26 Å². The lowest BCUT2D eigenvalue weighted by molar-refractivity contribution is 0.334. The molecule has 0 aliphatic heterocycles. The highest BCUT2D eigenvalue weighted by Crippen LogP contribution is 2.12. The number of hydrogen-bond acceptors (Lipinski definition) is 6. The van der Waals surface area contributed by atoms with Crippen LogP contribution in [0.15, 0.2) is 29.4 Å². The van der Waals surface area contributed by atoms with Crippen LogP contribution in [0.1, 0.15) is 5.56 Å². The molecule has 1 aromatic carbocycles. The third-order valence-corrected chi connectivity index (χ3v) is 2.72. The van der Waals surface area contributed by atoms with Crippen LogP contribution in [-0.4, -0.2) is 28.3 Å². The number of rotatable bonds is 5. The van der Waals surface area contributed by atoms with Gasteiger partial charge >= 0.3 is 10.3 Å². The zero-order chi connectivity index (χ0) is 13.6. The molecule has 0 heterocycles. The van der Waals surface area contributed by atoms with E-state index in [-0.39, 0.29) is 5.71 Å². The fourth-order valence-electron chi connectivity index (χ4n) is 1.01. The maximum atomic E-state index is 11.0. The minimum Gasteiger partial charge on any atom is -0.497 e. The zero-order valence-electron chi connectivity index (χ0n) is 9.75. The van der Waals surface area contributed by atoms with Gasteiger partial charge in [-0.05, 0) is 24.3 Å². The van der Waals surface area contributed by atoms with Gasteiger partial charge in [-0.15, -0.1) is 0 Å². The van der Waals surface area contributed by atoms with Gasteiger partial charge in [0.15, 0.2) is 5.71 Å². The molecule has 1 aromatic rings. The second kappa shape index (κ2) is 6.00. The number of methoxy groups -OCH3 is 1. The standard InChI is InChI=1S/C10H11N3O4S/c1-12-18(14,15)17-13-10(7-11)8-3-5-9(16-2)6-4-8/h3-6,12H,1-2H3/b13-10+. The maximum absolute atomic E-state index is 11.0. The number of nitriles is 1. The Bertz CT molecular complexity index is 572. The van der Waals surface area contributed by atoms with Gasteiger partial charge in [0.25, 0.3) is 0 Å². The molecule has 0 bridgehead atoms. The van der Waals surface area contributed by atoms with Gasteiger partial charge in [-0.1, -0.05) is 5.16 Å². The van der Waals surface area contributed by atoms with Crippen molar-refractivity contribution in [2.75, 3.05) is 14.2 Å². The average Bonchev–Trinajstić information content (AvgIpc) is 2.40. The van der Waals surface area contributed by atoms with Crippen LogP contribution in [0, 0.1) is 11.3 Å². The highest BCUT2D eigenvalue weighted by Gasteiger charge is 2.09. The van der Waals surface area contributed by atoms with E-state index in [1.165, 1.54) is 14.2 Å². The Balaban J connectivity index is 2.96. The summed E-state index contributed by atoms with van der Waals surface area (Å²) >= 11 is 0. The first-order valence-corrected chi connectivity index (χ1v) is 6.18. The van der Waals surface area contributed by atoms with Crippen LogP contribution in [0.4, 0.5) is 0 Å². The maximum Gasteiger partial charge on any atom is 0.401 e. The summed E-state index contributed by atoms with van der Waals surface area (Å²) in [6, 6.07) is 8.12. The van der Waals surface area contributed by atoms with E-state index >= 15 is 0 Å². The first kappa shape index (κ1) is 14.0. The highest BCUT2D eigenvalue weighted by atomic mass is 32.2. The predicted molar refractivity (Wildman–Crippen MR) is 64.2 cm³/mol. The summed E-state index contributed by atoms with van der Waals surface area (Å²) < 4.78 is 33.1. The van der Waals surface area contributed by atoms with Crippen molar-refractivity contribution in [3.8, 4) is 11.8 Å². The van der Waals surface area contributed by atoms with E-state index < -0.39 is 10.3 Å². The summed E-state index contributed by atoms with van der Waals surface area (Å²) in [5, 5.41) is 12.1. The van der Waals surface area contributed by atoms with Crippen LogP contribution in [0.3, 0.4) is 0 Å². The Morgan fingerprint density at radius 1 is 1.39 bits per heavy atom. The molecule has 0 radical (unpaired) electrons. The molecule has 0 atom stereocenters. The fourth-order valence-corrected chi connectivity index (χ4v) is 1.26. The lowest BCUT2D eigenvalue weighted by atomic mass is 10.1. The third-order valence-electron chi connectivity index (χ3n) is 1.95.